The van der Waals surface area contributed by atoms with Gasteiger partial charge >= 0.3 is 0 Å². The Hall–Kier alpha value is -3.53. The number of rotatable bonds is 11. The van der Waals surface area contributed by atoms with Crippen LogP contribution in [0, 0.1) is 3.57 Å². The number of carbonyl (C=O) groups excluding carboxylic acids is 2. The molecule has 2 amide bonds. The molecular formula is C35H35IN2O4. The lowest BCUT2D eigenvalue weighted by atomic mass is 9.63. The van der Waals surface area contributed by atoms with E-state index in [2.05, 4.69) is 34.0 Å². The van der Waals surface area contributed by atoms with Crippen molar-refractivity contribution in [1.82, 2.24) is 10.2 Å². The predicted molar refractivity (Wildman–Crippen MR) is 172 cm³/mol. The fraction of sp³-hybridized carbons (Fsp3) is 0.257. The van der Waals surface area contributed by atoms with E-state index in [1.165, 1.54) is 0 Å². The van der Waals surface area contributed by atoms with Crippen LogP contribution in [0.5, 0.6) is 0 Å². The molecule has 1 aliphatic heterocycles. The van der Waals surface area contributed by atoms with Crippen LogP contribution in [0.2, 0.25) is 0 Å². The highest BCUT2D eigenvalue weighted by atomic mass is 127. The number of nitrogens with zero attached hydrogens (tertiary/aromatic N) is 1. The van der Waals surface area contributed by atoms with Crippen LogP contribution in [0.4, 0.5) is 0 Å². The van der Waals surface area contributed by atoms with E-state index in [1.807, 2.05) is 102 Å². The highest BCUT2D eigenvalue weighted by molar-refractivity contribution is 14.1. The van der Waals surface area contributed by atoms with Crippen LogP contribution < -0.4 is 5.32 Å². The van der Waals surface area contributed by atoms with E-state index in [1.54, 1.807) is 7.11 Å². The third kappa shape index (κ3) is 6.00. The molecule has 0 aliphatic carbocycles. The molecule has 7 heteroatoms. The average Bonchev–Trinajstić information content (AvgIpc) is 3.03. The van der Waals surface area contributed by atoms with Gasteiger partial charge in [-0.2, -0.15) is 0 Å². The first-order valence-corrected chi connectivity index (χ1v) is 15.2. The number of ether oxygens (including phenoxy) is 1. The number of nitrogens with one attached hydrogen (secondary N) is 1. The van der Waals surface area contributed by atoms with Crippen LogP contribution in [0.3, 0.4) is 0 Å². The van der Waals surface area contributed by atoms with E-state index in [0.29, 0.717) is 38.1 Å². The first kappa shape index (κ1) is 29.9. The fourth-order valence-corrected chi connectivity index (χ4v) is 6.57. The molecule has 0 saturated carbocycles. The number of aliphatic hydroxyl groups is 1. The molecule has 42 heavy (non-hydrogen) atoms. The first-order chi connectivity index (χ1) is 20.5. The van der Waals surface area contributed by atoms with E-state index >= 15 is 0 Å². The van der Waals surface area contributed by atoms with Gasteiger partial charge in [0.15, 0.2) is 0 Å². The molecule has 6 nitrogen and oxygen atoms in total. The van der Waals surface area contributed by atoms with Gasteiger partial charge in [-0.25, -0.2) is 0 Å². The van der Waals surface area contributed by atoms with Crippen molar-refractivity contribution in [2.75, 3.05) is 20.3 Å². The van der Waals surface area contributed by atoms with E-state index in [9.17, 15) is 14.7 Å². The first-order valence-electron chi connectivity index (χ1n) is 14.1. The number of methoxy groups -OCH3 is 1. The molecule has 0 radical (unpaired) electrons. The van der Waals surface area contributed by atoms with Crippen LogP contribution in [0.25, 0.3) is 0 Å². The number of hydrogen-bond acceptors (Lipinski definition) is 4. The fourth-order valence-electron chi connectivity index (χ4n) is 5.99. The van der Waals surface area contributed by atoms with E-state index in [-0.39, 0.29) is 18.4 Å². The van der Waals surface area contributed by atoms with Crippen LogP contribution in [-0.2, 0) is 34.5 Å². The van der Waals surface area contributed by atoms with Crippen LogP contribution in [0.15, 0.2) is 103 Å². The molecule has 0 aromatic heterocycles. The third-order valence-electron chi connectivity index (χ3n) is 7.99. The summed E-state index contributed by atoms with van der Waals surface area (Å²) in [5, 5.41) is 13.0. The Morgan fingerprint density at radius 2 is 1.62 bits per heavy atom. The minimum atomic E-state index is -1.14. The van der Waals surface area contributed by atoms with E-state index < -0.39 is 11.5 Å². The number of halogens is 1. The van der Waals surface area contributed by atoms with E-state index in [4.69, 9.17) is 4.74 Å². The number of benzene rings is 4. The molecule has 0 saturated heterocycles. The Bertz CT molecular complexity index is 1530. The van der Waals surface area contributed by atoms with Crippen molar-refractivity contribution in [3.63, 3.8) is 0 Å². The lowest BCUT2D eigenvalue weighted by molar-refractivity contribution is -0.130. The van der Waals surface area contributed by atoms with Gasteiger partial charge in [-0.15, -0.1) is 0 Å². The molecule has 216 valence electrons. The monoisotopic (exact) mass is 674 g/mol. The Morgan fingerprint density at radius 1 is 0.929 bits per heavy atom. The quantitative estimate of drug-likeness (QED) is 0.156. The molecule has 0 unspecified atom stereocenters. The Labute approximate surface area is 260 Å². The number of fused-ring (bicyclic) bond motifs is 1. The number of aliphatic hydroxyl groups excluding tert-OH is 1. The van der Waals surface area contributed by atoms with Gasteiger partial charge in [0, 0.05) is 35.9 Å². The average molecular weight is 675 g/mol. The van der Waals surface area contributed by atoms with Crippen molar-refractivity contribution >= 4 is 34.4 Å². The summed E-state index contributed by atoms with van der Waals surface area (Å²) in [6.45, 7) is 1.23. The van der Waals surface area contributed by atoms with E-state index in [0.717, 1.165) is 31.4 Å². The summed E-state index contributed by atoms with van der Waals surface area (Å²) in [6, 6.07) is 32.5. The minimum Gasteiger partial charge on any atom is -0.392 e. The minimum absolute atomic E-state index is 0.0895. The van der Waals surface area contributed by atoms with Gasteiger partial charge in [-0.3, -0.25) is 9.59 Å². The van der Waals surface area contributed by atoms with Crippen molar-refractivity contribution in [1.29, 1.82) is 0 Å². The van der Waals surface area contributed by atoms with Gasteiger partial charge in [0.1, 0.15) is 5.41 Å². The summed E-state index contributed by atoms with van der Waals surface area (Å²) >= 11 is 2.33. The smallest absolute Gasteiger partial charge is 0.255 e. The summed E-state index contributed by atoms with van der Waals surface area (Å²) in [7, 11) is 1.65. The number of amides is 2. The third-order valence-corrected chi connectivity index (χ3v) is 9.05. The van der Waals surface area contributed by atoms with Gasteiger partial charge in [0.05, 0.1) is 12.6 Å². The Balaban J connectivity index is 1.77. The summed E-state index contributed by atoms with van der Waals surface area (Å²) < 4.78 is 6.30. The molecule has 0 fully saturated rings. The second kappa shape index (κ2) is 13.6. The molecule has 1 heterocycles. The highest BCUT2D eigenvalue weighted by Crippen LogP contribution is 2.50. The lowest BCUT2D eigenvalue weighted by Gasteiger charge is -2.50. The second-order valence-electron chi connectivity index (χ2n) is 10.6. The molecule has 5 rings (SSSR count). The van der Waals surface area contributed by atoms with Gasteiger partial charge < -0.3 is 20.1 Å². The molecule has 1 aliphatic rings. The molecule has 4 aromatic carbocycles. The zero-order chi connectivity index (χ0) is 29.5. The highest BCUT2D eigenvalue weighted by Gasteiger charge is 2.56. The zero-order valence-electron chi connectivity index (χ0n) is 23.6. The topological polar surface area (TPSA) is 78.9 Å². The lowest BCUT2D eigenvalue weighted by Crippen LogP contribution is -2.59. The maximum absolute atomic E-state index is 14.8. The summed E-state index contributed by atoms with van der Waals surface area (Å²) in [5.74, 6) is -0.247. The summed E-state index contributed by atoms with van der Waals surface area (Å²) in [4.78, 5) is 31.1. The van der Waals surface area contributed by atoms with Gasteiger partial charge in [-0.1, -0.05) is 91.0 Å². The van der Waals surface area contributed by atoms with Crippen LogP contribution in [-0.4, -0.2) is 42.1 Å². The molecular weight excluding hydrogens is 639 g/mol. The largest absolute Gasteiger partial charge is 0.392 e. The normalized spacial score (nSPS) is 18.0. The number of carbonyl (C=O) groups is 2. The summed E-state index contributed by atoms with van der Waals surface area (Å²) in [5.41, 5.74) is 3.73. The van der Waals surface area contributed by atoms with Crippen molar-refractivity contribution in [2.45, 2.75) is 37.5 Å². The standard InChI is InChI=1S/C35H35IN2O4/c1-42-21-9-20-37-34(41)35(22-28-12-5-8-15-31(28)36)30-14-7-6-13-29(30)33(40)38(23-25-10-3-2-4-11-25)32(35)27-18-16-26(24-39)17-19-27/h2-8,10-19,32,39H,9,20-24H2,1H3,(H,37,41)/t32-,35-/m0/s1. The Kier molecular flexibility index (Phi) is 9.72. The molecule has 4 aromatic rings. The van der Waals surface area contributed by atoms with Gasteiger partial charge in [-0.05, 0) is 75.4 Å². The molecule has 2 N–H and O–H groups in total. The SMILES string of the molecule is COCCCNC(=O)[C@@]1(Cc2ccccc2I)c2ccccc2C(=O)N(Cc2ccccc2)[C@H]1c1ccc(CO)cc1. The second-order valence-corrected chi connectivity index (χ2v) is 11.8. The van der Waals surface area contributed by atoms with Crippen LogP contribution in [0.1, 0.15) is 50.6 Å². The zero-order valence-corrected chi connectivity index (χ0v) is 25.8. The van der Waals surface area contributed by atoms with Crippen molar-refractivity contribution in [3.05, 3.63) is 140 Å². The van der Waals surface area contributed by atoms with Gasteiger partial charge in [0.25, 0.3) is 5.91 Å². The van der Waals surface area contributed by atoms with Gasteiger partial charge in [0.2, 0.25) is 5.91 Å². The summed E-state index contributed by atoms with van der Waals surface area (Å²) in [6.07, 6.45) is 1.07. The number of hydrogen-bond donors (Lipinski definition) is 2. The van der Waals surface area contributed by atoms with Crippen molar-refractivity contribution in [3.8, 4) is 0 Å². The molecule has 0 bridgehead atoms. The molecule has 2 atom stereocenters. The predicted octanol–water partition coefficient (Wildman–Crippen LogP) is 5.81. The Morgan fingerprint density at radius 3 is 2.33 bits per heavy atom. The maximum Gasteiger partial charge on any atom is 0.255 e. The van der Waals surface area contributed by atoms with Crippen molar-refractivity contribution in [2.24, 2.45) is 0 Å². The molecule has 0 spiro atoms. The maximum atomic E-state index is 14.8. The van der Waals surface area contributed by atoms with Crippen LogP contribution >= 0.6 is 22.6 Å². The van der Waals surface area contributed by atoms with Crippen molar-refractivity contribution < 1.29 is 19.4 Å².